The highest BCUT2D eigenvalue weighted by Crippen LogP contribution is 2.37. The van der Waals surface area contributed by atoms with E-state index in [2.05, 4.69) is 10.3 Å². The highest BCUT2D eigenvalue weighted by atomic mass is 32.1. The van der Waals surface area contributed by atoms with Crippen LogP contribution < -0.4 is 19.5 Å². The molecule has 35 heavy (non-hydrogen) atoms. The number of hydrogen-bond donors (Lipinski definition) is 3. The lowest BCUT2D eigenvalue weighted by molar-refractivity contribution is 0.0911. The molecule has 1 unspecified atom stereocenters. The quantitative estimate of drug-likeness (QED) is 0.332. The molecule has 8 nitrogen and oxygen atoms in total. The van der Waals surface area contributed by atoms with Crippen molar-refractivity contribution in [1.82, 2.24) is 10.3 Å². The van der Waals surface area contributed by atoms with E-state index in [4.69, 9.17) is 14.2 Å². The molecule has 10 heteroatoms. The molecule has 1 atom stereocenters. The Labute approximate surface area is 204 Å². The molecule has 0 saturated heterocycles. The average molecular weight is 499 g/mol. The van der Waals surface area contributed by atoms with Crippen LogP contribution in [0, 0.1) is 5.82 Å². The molecule has 0 saturated carbocycles. The van der Waals surface area contributed by atoms with E-state index in [1.54, 1.807) is 29.6 Å². The molecule has 0 radical (unpaired) electrons. The van der Waals surface area contributed by atoms with Crippen molar-refractivity contribution < 1.29 is 33.6 Å². The van der Waals surface area contributed by atoms with E-state index in [0.29, 0.717) is 27.1 Å². The van der Waals surface area contributed by atoms with Gasteiger partial charge in [0, 0.05) is 47.1 Å². The van der Waals surface area contributed by atoms with Gasteiger partial charge in [0.05, 0.1) is 43.0 Å². The van der Waals surface area contributed by atoms with Crippen molar-refractivity contribution in [3.8, 4) is 34.3 Å². The van der Waals surface area contributed by atoms with Gasteiger partial charge in [-0.3, -0.25) is 4.79 Å². The number of aromatic nitrogens is 1. The van der Waals surface area contributed by atoms with Gasteiger partial charge in [-0.2, -0.15) is 0 Å². The molecule has 0 fully saturated rings. The van der Waals surface area contributed by atoms with E-state index in [-0.39, 0.29) is 40.9 Å². The summed E-state index contributed by atoms with van der Waals surface area (Å²) in [5, 5.41) is 26.1. The number of pyridine rings is 1. The first-order valence-corrected chi connectivity index (χ1v) is 11.4. The predicted molar refractivity (Wildman–Crippen MR) is 130 cm³/mol. The third-order valence-electron chi connectivity index (χ3n) is 5.43. The van der Waals surface area contributed by atoms with Crippen molar-refractivity contribution in [3.05, 3.63) is 64.9 Å². The number of thiophene rings is 1. The summed E-state index contributed by atoms with van der Waals surface area (Å²) in [7, 11) is 4.32. The van der Waals surface area contributed by atoms with Gasteiger partial charge < -0.3 is 29.7 Å². The van der Waals surface area contributed by atoms with E-state index in [1.807, 2.05) is 0 Å². The zero-order valence-corrected chi connectivity index (χ0v) is 20.0. The van der Waals surface area contributed by atoms with Crippen LogP contribution in [-0.2, 0) is 0 Å². The van der Waals surface area contributed by atoms with Gasteiger partial charge in [0.1, 0.15) is 23.4 Å². The zero-order chi connectivity index (χ0) is 25.1. The topological polar surface area (TPSA) is 110 Å². The standard InChI is InChI=1S/C25H23FN2O6S/c1-32-13-7-18(16-12-35-24-14(16)5-4-6-17(24)26)28-19(8-13)21(30)11-27-25(31)15-9-22(33-2)23(34-3)10-20(15)29/h4-10,12,21,29-30H,11H2,1-3H3,(H,27,31). The number of nitrogens with one attached hydrogen (secondary N) is 1. The monoisotopic (exact) mass is 498 g/mol. The number of nitrogens with zero attached hydrogens (tertiary/aromatic N) is 1. The molecule has 3 N–H and O–H groups in total. The number of aromatic hydroxyl groups is 1. The lowest BCUT2D eigenvalue weighted by Crippen LogP contribution is -2.28. The second kappa shape index (κ2) is 10.2. The molecule has 0 bridgehead atoms. The molecule has 2 aromatic carbocycles. The van der Waals surface area contributed by atoms with Gasteiger partial charge in [-0.15, -0.1) is 11.3 Å². The number of hydrogen-bond acceptors (Lipinski definition) is 8. The number of carbonyl (C=O) groups is 1. The molecule has 4 rings (SSSR count). The number of rotatable bonds is 8. The summed E-state index contributed by atoms with van der Waals surface area (Å²) < 4.78 is 30.3. The van der Waals surface area contributed by atoms with Crippen molar-refractivity contribution in [2.45, 2.75) is 6.10 Å². The first-order valence-electron chi connectivity index (χ1n) is 10.5. The molecular formula is C25H23FN2O6S. The van der Waals surface area contributed by atoms with E-state index in [1.165, 1.54) is 50.9 Å². The van der Waals surface area contributed by atoms with Crippen LogP contribution in [0.15, 0.2) is 47.8 Å². The number of phenolic OH excluding ortho intramolecular Hbond substituents is 1. The fourth-order valence-corrected chi connectivity index (χ4v) is 4.58. The number of amides is 1. The molecule has 2 aromatic heterocycles. The summed E-state index contributed by atoms with van der Waals surface area (Å²) in [5.74, 6) is -0.241. The summed E-state index contributed by atoms with van der Waals surface area (Å²) in [4.78, 5) is 17.2. The molecule has 0 spiro atoms. The fraction of sp³-hybridized carbons (Fsp3) is 0.200. The smallest absolute Gasteiger partial charge is 0.255 e. The Bertz CT molecular complexity index is 1390. The number of benzene rings is 2. The van der Waals surface area contributed by atoms with E-state index in [0.717, 1.165) is 0 Å². The minimum Gasteiger partial charge on any atom is -0.507 e. The number of phenols is 1. The number of aliphatic hydroxyl groups is 1. The van der Waals surface area contributed by atoms with E-state index in [9.17, 15) is 19.4 Å². The Kier molecular flexibility index (Phi) is 7.04. The van der Waals surface area contributed by atoms with Crippen LogP contribution in [0.5, 0.6) is 23.0 Å². The van der Waals surface area contributed by atoms with Gasteiger partial charge in [-0.25, -0.2) is 9.37 Å². The zero-order valence-electron chi connectivity index (χ0n) is 19.2. The second-order valence-corrected chi connectivity index (χ2v) is 8.41. The van der Waals surface area contributed by atoms with Crippen LogP contribution in [0.3, 0.4) is 0 Å². The maximum atomic E-state index is 14.2. The molecule has 1 amide bonds. The molecule has 2 heterocycles. The van der Waals surface area contributed by atoms with Crippen molar-refractivity contribution >= 4 is 27.3 Å². The van der Waals surface area contributed by atoms with Crippen LogP contribution in [0.2, 0.25) is 0 Å². The van der Waals surface area contributed by atoms with Gasteiger partial charge in [0.15, 0.2) is 11.5 Å². The lowest BCUT2D eigenvalue weighted by atomic mass is 10.1. The van der Waals surface area contributed by atoms with Gasteiger partial charge in [-0.1, -0.05) is 12.1 Å². The lowest BCUT2D eigenvalue weighted by Gasteiger charge is -2.15. The highest BCUT2D eigenvalue weighted by Gasteiger charge is 2.20. The maximum absolute atomic E-state index is 14.2. The van der Waals surface area contributed by atoms with Gasteiger partial charge in [0.25, 0.3) is 5.91 Å². The number of fused-ring (bicyclic) bond motifs is 1. The van der Waals surface area contributed by atoms with Crippen molar-refractivity contribution in [3.63, 3.8) is 0 Å². The Morgan fingerprint density at radius 3 is 2.57 bits per heavy atom. The molecule has 4 aromatic rings. The largest absolute Gasteiger partial charge is 0.507 e. The summed E-state index contributed by atoms with van der Waals surface area (Å²) in [5.41, 5.74) is 1.42. The molecular weight excluding hydrogens is 475 g/mol. The Morgan fingerprint density at radius 1 is 1.11 bits per heavy atom. The Hall–Kier alpha value is -3.89. The maximum Gasteiger partial charge on any atom is 0.255 e. The SMILES string of the molecule is COc1cc(-c2csc3c(F)cccc23)nc(C(O)CNC(=O)c2cc(OC)c(OC)cc2O)c1. The molecule has 0 aliphatic heterocycles. The first kappa shape index (κ1) is 24.2. The number of aliphatic hydroxyl groups excluding tert-OH is 1. The minimum atomic E-state index is -1.18. The van der Waals surface area contributed by atoms with Crippen LogP contribution >= 0.6 is 11.3 Å². The third kappa shape index (κ3) is 4.84. The minimum absolute atomic E-state index is 0.0408. The number of methoxy groups -OCH3 is 3. The summed E-state index contributed by atoms with van der Waals surface area (Å²) >= 11 is 1.26. The van der Waals surface area contributed by atoms with Crippen LogP contribution in [0.1, 0.15) is 22.2 Å². The first-order chi connectivity index (χ1) is 16.9. The average Bonchev–Trinajstić information content (AvgIpc) is 3.32. The van der Waals surface area contributed by atoms with Crippen molar-refractivity contribution in [1.29, 1.82) is 0 Å². The fourth-order valence-electron chi connectivity index (χ4n) is 3.61. The number of carbonyl (C=O) groups excluding carboxylic acids is 1. The van der Waals surface area contributed by atoms with Gasteiger partial charge in [-0.05, 0) is 6.07 Å². The Balaban J connectivity index is 1.58. The van der Waals surface area contributed by atoms with E-state index < -0.39 is 12.0 Å². The Morgan fingerprint density at radius 2 is 1.86 bits per heavy atom. The summed E-state index contributed by atoms with van der Waals surface area (Å²) in [6.07, 6.45) is -1.18. The molecule has 0 aliphatic rings. The highest BCUT2D eigenvalue weighted by molar-refractivity contribution is 7.17. The summed E-state index contributed by atoms with van der Waals surface area (Å²) in [6.45, 7) is -0.189. The predicted octanol–water partition coefficient (Wildman–Crippen LogP) is 4.30. The normalized spacial score (nSPS) is 11.8. The second-order valence-electron chi connectivity index (χ2n) is 7.53. The number of halogens is 1. The van der Waals surface area contributed by atoms with Crippen LogP contribution in [-0.4, -0.2) is 49.0 Å². The van der Waals surface area contributed by atoms with E-state index >= 15 is 0 Å². The van der Waals surface area contributed by atoms with Crippen molar-refractivity contribution in [2.75, 3.05) is 27.9 Å². The van der Waals surface area contributed by atoms with Crippen LogP contribution in [0.4, 0.5) is 4.39 Å². The molecule has 0 aliphatic carbocycles. The number of ether oxygens (including phenoxy) is 3. The van der Waals surface area contributed by atoms with Gasteiger partial charge >= 0.3 is 0 Å². The third-order valence-corrected chi connectivity index (χ3v) is 6.43. The van der Waals surface area contributed by atoms with Crippen LogP contribution in [0.25, 0.3) is 21.3 Å². The van der Waals surface area contributed by atoms with Gasteiger partial charge in [0.2, 0.25) is 0 Å². The summed E-state index contributed by atoms with van der Waals surface area (Å²) in [6, 6.07) is 10.7. The van der Waals surface area contributed by atoms with Crippen molar-refractivity contribution in [2.24, 2.45) is 0 Å². The molecule has 182 valence electrons.